The summed E-state index contributed by atoms with van der Waals surface area (Å²) in [4.78, 5) is 14.5. The molecule has 2 aromatic carbocycles. The molecule has 6 nitrogen and oxygen atoms in total. The Labute approximate surface area is 156 Å². The Bertz CT molecular complexity index is 888. The molecule has 2 aromatic rings. The van der Waals surface area contributed by atoms with Gasteiger partial charge >= 0.3 is 6.03 Å². The average Bonchev–Trinajstić information content (AvgIpc) is 2.61. The number of hydrogen-bond donors (Lipinski definition) is 1. The van der Waals surface area contributed by atoms with Crippen molar-refractivity contribution in [3.63, 3.8) is 0 Å². The molecule has 136 valence electrons. The SMILES string of the molecule is COc1ccc(Cl)cc1N1C(=O)N[C@H]2C[C@@]1(C)Oc1c(OC)cccc12. The van der Waals surface area contributed by atoms with Gasteiger partial charge in [0.25, 0.3) is 0 Å². The number of benzene rings is 2. The van der Waals surface area contributed by atoms with Gasteiger partial charge in [0.05, 0.1) is 25.9 Å². The first kappa shape index (κ1) is 16.8. The van der Waals surface area contributed by atoms with Gasteiger partial charge in [0.2, 0.25) is 0 Å². The lowest BCUT2D eigenvalue weighted by Gasteiger charge is -2.50. The Morgan fingerprint density at radius 1 is 1.23 bits per heavy atom. The Kier molecular flexibility index (Phi) is 3.88. The summed E-state index contributed by atoms with van der Waals surface area (Å²) in [6.45, 7) is 1.88. The third kappa shape index (κ3) is 2.44. The largest absolute Gasteiger partial charge is 0.495 e. The molecule has 0 saturated carbocycles. The third-order valence-corrected chi connectivity index (χ3v) is 5.10. The maximum absolute atomic E-state index is 13.0. The van der Waals surface area contributed by atoms with Gasteiger partial charge in [-0.1, -0.05) is 23.7 Å². The summed E-state index contributed by atoms with van der Waals surface area (Å²) in [6.07, 6.45) is 0.578. The van der Waals surface area contributed by atoms with Crippen molar-refractivity contribution in [3.8, 4) is 17.2 Å². The van der Waals surface area contributed by atoms with Crippen LogP contribution < -0.4 is 24.4 Å². The number of urea groups is 1. The molecule has 7 heteroatoms. The highest BCUT2D eigenvalue weighted by atomic mass is 35.5. The van der Waals surface area contributed by atoms with Crippen LogP contribution in [-0.2, 0) is 0 Å². The van der Waals surface area contributed by atoms with Crippen molar-refractivity contribution in [3.05, 3.63) is 47.0 Å². The lowest BCUT2D eigenvalue weighted by molar-refractivity contribution is 0.0346. The summed E-state index contributed by atoms with van der Waals surface area (Å²) in [7, 11) is 3.15. The van der Waals surface area contributed by atoms with Gasteiger partial charge in [-0.2, -0.15) is 0 Å². The molecule has 1 saturated heterocycles. The first-order valence-corrected chi connectivity index (χ1v) is 8.65. The number of para-hydroxylation sites is 1. The van der Waals surface area contributed by atoms with Gasteiger partial charge in [0.1, 0.15) is 5.75 Å². The van der Waals surface area contributed by atoms with Crippen molar-refractivity contribution < 1.29 is 19.0 Å². The molecule has 2 amide bonds. The van der Waals surface area contributed by atoms with Crippen molar-refractivity contribution in [2.75, 3.05) is 19.1 Å². The van der Waals surface area contributed by atoms with Crippen LogP contribution in [0.3, 0.4) is 0 Å². The predicted molar refractivity (Wildman–Crippen MR) is 98.4 cm³/mol. The lowest BCUT2D eigenvalue weighted by atomic mass is 9.90. The van der Waals surface area contributed by atoms with Gasteiger partial charge in [0, 0.05) is 17.0 Å². The molecule has 0 radical (unpaired) electrons. The molecule has 0 unspecified atom stereocenters. The Morgan fingerprint density at radius 3 is 2.73 bits per heavy atom. The van der Waals surface area contributed by atoms with Crippen molar-refractivity contribution in [2.45, 2.75) is 25.1 Å². The molecule has 0 aromatic heterocycles. The van der Waals surface area contributed by atoms with E-state index in [-0.39, 0.29) is 12.1 Å². The number of rotatable bonds is 3. The maximum atomic E-state index is 13.0. The molecule has 4 rings (SSSR count). The molecule has 0 spiro atoms. The molecule has 26 heavy (non-hydrogen) atoms. The van der Waals surface area contributed by atoms with Crippen LogP contribution in [0.1, 0.15) is 24.9 Å². The second-order valence-electron chi connectivity index (χ2n) is 6.51. The quantitative estimate of drug-likeness (QED) is 0.877. The minimum Gasteiger partial charge on any atom is -0.495 e. The number of hydrogen-bond acceptors (Lipinski definition) is 4. The summed E-state index contributed by atoms with van der Waals surface area (Å²) in [5.74, 6) is 1.81. The second-order valence-corrected chi connectivity index (χ2v) is 6.95. The first-order chi connectivity index (χ1) is 12.5. The number of ether oxygens (including phenoxy) is 3. The molecule has 1 fully saturated rings. The van der Waals surface area contributed by atoms with Crippen LogP contribution >= 0.6 is 11.6 Å². The first-order valence-electron chi connectivity index (χ1n) is 8.27. The molecule has 2 atom stereocenters. The smallest absolute Gasteiger partial charge is 0.325 e. The second kappa shape index (κ2) is 5.99. The van der Waals surface area contributed by atoms with E-state index in [9.17, 15) is 4.79 Å². The topological polar surface area (TPSA) is 60.0 Å². The van der Waals surface area contributed by atoms with Crippen molar-refractivity contribution in [1.82, 2.24) is 5.32 Å². The van der Waals surface area contributed by atoms with E-state index in [0.29, 0.717) is 34.4 Å². The van der Waals surface area contributed by atoms with Crippen molar-refractivity contribution in [2.24, 2.45) is 0 Å². The van der Waals surface area contributed by atoms with E-state index in [2.05, 4.69) is 5.32 Å². The zero-order valence-electron chi connectivity index (χ0n) is 14.7. The van der Waals surface area contributed by atoms with Gasteiger partial charge in [-0.05, 0) is 31.2 Å². The van der Waals surface area contributed by atoms with E-state index in [1.807, 2.05) is 25.1 Å². The fraction of sp³-hybridized carbons (Fsp3) is 0.316. The van der Waals surface area contributed by atoms with E-state index in [1.54, 1.807) is 37.3 Å². The van der Waals surface area contributed by atoms with Gasteiger partial charge < -0.3 is 19.5 Å². The molecule has 2 aliphatic heterocycles. The molecule has 0 aliphatic carbocycles. The van der Waals surface area contributed by atoms with E-state index in [4.69, 9.17) is 25.8 Å². The number of anilines is 1. The minimum absolute atomic E-state index is 0.159. The van der Waals surface area contributed by atoms with Gasteiger partial charge in [-0.25, -0.2) is 4.79 Å². The van der Waals surface area contributed by atoms with E-state index in [1.165, 1.54) is 0 Å². The van der Waals surface area contributed by atoms with Crippen LogP contribution in [0.5, 0.6) is 17.2 Å². The van der Waals surface area contributed by atoms with Crippen LogP contribution in [0.25, 0.3) is 0 Å². The predicted octanol–water partition coefficient (Wildman–Crippen LogP) is 4.13. The van der Waals surface area contributed by atoms with Crippen LogP contribution in [0, 0.1) is 0 Å². The fourth-order valence-corrected chi connectivity index (χ4v) is 3.89. The lowest BCUT2D eigenvalue weighted by Crippen LogP contribution is -2.65. The number of fused-ring (bicyclic) bond motifs is 4. The highest BCUT2D eigenvalue weighted by Crippen LogP contribution is 2.50. The van der Waals surface area contributed by atoms with Crippen LogP contribution in [-0.4, -0.2) is 26.0 Å². The number of methoxy groups -OCH3 is 2. The normalized spacial score (nSPS) is 23.6. The molecule has 2 bridgehead atoms. The van der Waals surface area contributed by atoms with E-state index in [0.717, 1.165) is 5.56 Å². The summed E-state index contributed by atoms with van der Waals surface area (Å²) in [5, 5.41) is 3.56. The zero-order chi connectivity index (χ0) is 18.5. The van der Waals surface area contributed by atoms with Gasteiger partial charge in [-0.3, -0.25) is 4.90 Å². The Balaban J connectivity index is 1.86. The number of carbonyl (C=O) groups is 1. The van der Waals surface area contributed by atoms with Gasteiger partial charge in [0.15, 0.2) is 17.2 Å². The van der Waals surface area contributed by atoms with E-state index < -0.39 is 5.72 Å². The third-order valence-electron chi connectivity index (χ3n) is 4.87. The highest BCUT2D eigenvalue weighted by molar-refractivity contribution is 6.31. The number of amides is 2. The van der Waals surface area contributed by atoms with Crippen LogP contribution in [0.4, 0.5) is 10.5 Å². The maximum Gasteiger partial charge on any atom is 0.325 e. The highest BCUT2D eigenvalue weighted by Gasteiger charge is 2.51. The Morgan fingerprint density at radius 2 is 2.00 bits per heavy atom. The Hall–Kier alpha value is -2.60. The minimum atomic E-state index is -0.910. The zero-order valence-corrected chi connectivity index (χ0v) is 15.5. The van der Waals surface area contributed by atoms with Crippen LogP contribution in [0.2, 0.25) is 5.02 Å². The summed E-state index contributed by atoms with van der Waals surface area (Å²) >= 11 is 6.17. The summed E-state index contributed by atoms with van der Waals surface area (Å²) < 4.78 is 17.2. The number of halogens is 1. The monoisotopic (exact) mass is 374 g/mol. The average molecular weight is 375 g/mol. The molecule has 2 heterocycles. The van der Waals surface area contributed by atoms with Crippen molar-refractivity contribution in [1.29, 1.82) is 0 Å². The number of nitrogens with zero attached hydrogens (tertiary/aromatic N) is 1. The summed E-state index contributed by atoms with van der Waals surface area (Å²) in [6, 6.07) is 10.4. The number of nitrogens with one attached hydrogen (secondary N) is 1. The molecule has 2 aliphatic rings. The van der Waals surface area contributed by atoms with Gasteiger partial charge in [-0.15, -0.1) is 0 Å². The standard InChI is InChI=1S/C19H19ClN2O4/c1-19-10-13(12-5-4-6-16(25-3)17(12)26-19)21-18(23)22(19)14-9-11(20)7-8-15(14)24-2/h4-9,13H,10H2,1-3H3,(H,21,23)/t13-,19+/m0/s1. The fourth-order valence-electron chi connectivity index (χ4n) is 3.72. The van der Waals surface area contributed by atoms with Crippen LogP contribution in [0.15, 0.2) is 36.4 Å². The number of carbonyl (C=O) groups excluding carboxylic acids is 1. The summed E-state index contributed by atoms with van der Waals surface area (Å²) in [5.41, 5.74) is 0.553. The molecular formula is C19H19ClN2O4. The molecule has 1 N–H and O–H groups in total. The van der Waals surface area contributed by atoms with E-state index >= 15 is 0 Å². The van der Waals surface area contributed by atoms with Crippen molar-refractivity contribution >= 4 is 23.3 Å². The molecular weight excluding hydrogens is 356 g/mol.